The lowest BCUT2D eigenvalue weighted by molar-refractivity contribution is 0.619. The van der Waals surface area contributed by atoms with Gasteiger partial charge in [0.1, 0.15) is 0 Å². The van der Waals surface area contributed by atoms with Crippen molar-refractivity contribution in [3.63, 3.8) is 0 Å². The van der Waals surface area contributed by atoms with Crippen LogP contribution in [0.3, 0.4) is 0 Å². The van der Waals surface area contributed by atoms with Crippen LogP contribution in [-0.2, 0) is 19.3 Å². The summed E-state index contributed by atoms with van der Waals surface area (Å²) >= 11 is 0. The molecule has 0 spiro atoms. The summed E-state index contributed by atoms with van der Waals surface area (Å²) in [6, 6.07) is 14.2. The second-order valence-electron chi connectivity index (χ2n) is 10.9. The minimum atomic E-state index is 0.322. The molecule has 0 heterocycles. The minimum absolute atomic E-state index is 0.322. The number of benzene rings is 2. The SMILES string of the molecule is C=C(CCC)C1=C(C)C=C2CC(=Cc3ccc(C)c(CC)c3)C(=C)C2C1c1ccc2c(c1)CCC2. The van der Waals surface area contributed by atoms with Gasteiger partial charge in [0.15, 0.2) is 0 Å². The highest BCUT2D eigenvalue weighted by atomic mass is 14.4. The normalized spacial score (nSPS) is 22.5. The fourth-order valence-corrected chi connectivity index (χ4v) is 6.78. The Balaban J connectivity index is 1.58. The average molecular weight is 461 g/mol. The van der Waals surface area contributed by atoms with Crippen molar-refractivity contribution in [3.8, 4) is 0 Å². The van der Waals surface area contributed by atoms with E-state index in [9.17, 15) is 0 Å². The van der Waals surface area contributed by atoms with Crippen LogP contribution in [0.2, 0.25) is 0 Å². The first-order chi connectivity index (χ1) is 16.9. The molecule has 35 heavy (non-hydrogen) atoms. The molecule has 0 saturated heterocycles. The highest BCUT2D eigenvalue weighted by Gasteiger charge is 2.41. The van der Waals surface area contributed by atoms with Gasteiger partial charge in [0.05, 0.1) is 0 Å². The Morgan fingerprint density at radius 1 is 1.00 bits per heavy atom. The van der Waals surface area contributed by atoms with E-state index in [2.05, 4.69) is 82.8 Å². The van der Waals surface area contributed by atoms with Gasteiger partial charge in [-0.05, 0) is 108 Å². The standard InChI is InChI=1S/C35H40/c1-7-10-23(4)33-24(5)17-32-21-31(19-26-14-13-22(3)27(8-2)18-26)25(6)34(32)35(33)30-16-15-28-11-9-12-29(28)20-30/h13-20,34-35H,4,6-12,21H2,1-3,5H3. The van der Waals surface area contributed by atoms with Gasteiger partial charge in [-0.1, -0.05) is 93.1 Å². The Labute approximate surface area is 212 Å². The lowest BCUT2D eigenvalue weighted by Gasteiger charge is -2.35. The Kier molecular flexibility index (Phi) is 6.58. The number of fused-ring (bicyclic) bond motifs is 2. The molecule has 0 amide bonds. The summed E-state index contributed by atoms with van der Waals surface area (Å²) in [7, 11) is 0. The molecule has 0 bridgehead atoms. The molecule has 2 aromatic carbocycles. The van der Waals surface area contributed by atoms with E-state index in [0.717, 1.165) is 25.7 Å². The predicted molar refractivity (Wildman–Crippen MR) is 152 cm³/mol. The van der Waals surface area contributed by atoms with Gasteiger partial charge < -0.3 is 0 Å². The Hall–Kier alpha value is -2.86. The molecule has 180 valence electrons. The van der Waals surface area contributed by atoms with Crippen molar-refractivity contribution in [2.45, 2.75) is 78.6 Å². The molecule has 5 rings (SSSR count). The second kappa shape index (κ2) is 9.65. The molecule has 1 saturated carbocycles. The largest absolute Gasteiger partial charge is 0.0955 e. The maximum Gasteiger partial charge on any atom is 0.0201 e. The molecule has 3 aliphatic carbocycles. The van der Waals surface area contributed by atoms with Gasteiger partial charge >= 0.3 is 0 Å². The van der Waals surface area contributed by atoms with Crippen molar-refractivity contribution in [3.05, 3.63) is 122 Å². The quantitative estimate of drug-likeness (QED) is 0.403. The smallest absolute Gasteiger partial charge is 0.0201 e. The Bertz CT molecular complexity index is 1290. The van der Waals surface area contributed by atoms with E-state index in [1.165, 1.54) is 75.0 Å². The molecule has 2 unspecified atom stereocenters. The van der Waals surface area contributed by atoms with Gasteiger partial charge in [0, 0.05) is 11.8 Å². The molecule has 0 nitrogen and oxygen atoms in total. The molecular weight excluding hydrogens is 420 g/mol. The molecular formula is C35H40. The maximum absolute atomic E-state index is 4.73. The zero-order chi connectivity index (χ0) is 24.7. The van der Waals surface area contributed by atoms with E-state index < -0.39 is 0 Å². The van der Waals surface area contributed by atoms with Crippen molar-refractivity contribution in [2.75, 3.05) is 0 Å². The zero-order valence-electron chi connectivity index (χ0n) is 22.1. The van der Waals surface area contributed by atoms with Crippen LogP contribution in [0.15, 0.2) is 89.1 Å². The lowest BCUT2D eigenvalue weighted by atomic mass is 9.69. The first kappa shape index (κ1) is 23.9. The van der Waals surface area contributed by atoms with Crippen LogP contribution >= 0.6 is 0 Å². The zero-order valence-corrected chi connectivity index (χ0v) is 22.1. The summed E-state index contributed by atoms with van der Waals surface area (Å²) in [5, 5.41) is 0. The molecule has 2 atom stereocenters. The summed E-state index contributed by atoms with van der Waals surface area (Å²) in [4.78, 5) is 0. The fraction of sp³-hybridized carbons (Fsp3) is 0.371. The average Bonchev–Trinajstić information content (AvgIpc) is 3.43. The first-order valence-electron chi connectivity index (χ1n) is 13.6. The molecule has 1 fully saturated rings. The van der Waals surface area contributed by atoms with Crippen molar-refractivity contribution < 1.29 is 0 Å². The van der Waals surface area contributed by atoms with Crippen LogP contribution in [0.25, 0.3) is 6.08 Å². The summed E-state index contributed by atoms with van der Waals surface area (Å²) in [5.41, 5.74) is 17.1. The van der Waals surface area contributed by atoms with Gasteiger partial charge in [-0.25, -0.2) is 0 Å². The molecule has 3 aliphatic rings. The third kappa shape index (κ3) is 4.33. The molecule has 0 heteroatoms. The van der Waals surface area contributed by atoms with Crippen LogP contribution in [0.4, 0.5) is 0 Å². The van der Waals surface area contributed by atoms with Gasteiger partial charge in [-0.15, -0.1) is 0 Å². The fourth-order valence-electron chi connectivity index (χ4n) is 6.78. The van der Waals surface area contributed by atoms with E-state index in [0.29, 0.717) is 11.8 Å². The van der Waals surface area contributed by atoms with Gasteiger partial charge in [0.2, 0.25) is 0 Å². The second-order valence-corrected chi connectivity index (χ2v) is 10.9. The summed E-state index contributed by atoms with van der Waals surface area (Å²) in [5.74, 6) is 0.659. The van der Waals surface area contributed by atoms with E-state index in [1.54, 1.807) is 11.1 Å². The van der Waals surface area contributed by atoms with Crippen LogP contribution in [0.1, 0.15) is 85.8 Å². The topological polar surface area (TPSA) is 0 Å². The number of aryl methyl sites for hydroxylation is 4. The summed E-state index contributed by atoms with van der Waals surface area (Å²) in [6.07, 6.45) is 12.9. The maximum atomic E-state index is 4.73. The molecule has 0 N–H and O–H groups in total. The number of hydrogen-bond donors (Lipinski definition) is 0. The van der Waals surface area contributed by atoms with E-state index in [4.69, 9.17) is 6.58 Å². The molecule has 2 aromatic rings. The summed E-state index contributed by atoms with van der Waals surface area (Å²) < 4.78 is 0. The first-order valence-corrected chi connectivity index (χ1v) is 13.6. The van der Waals surface area contributed by atoms with Gasteiger partial charge in [-0.3, -0.25) is 0 Å². The van der Waals surface area contributed by atoms with Crippen molar-refractivity contribution in [1.82, 2.24) is 0 Å². The van der Waals surface area contributed by atoms with Crippen molar-refractivity contribution >= 4 is 6.08 Å². The van der Waals surface area contributed by atoms with Crippen LogP contribution in [-0.4, -0.2) is 0 Å². The Morgan fingerprint density at radius 3 is 2.57 bits per heavy atom. The summed E-state index contributed by atoms with van der Waals surface area (Å²) in [6.45, 7) is 18.3. The van der Waals surface area contributed by atoms with Crippen LogP contribution in [0.5, 0.6) is 0 Å². The highest BCUT2D eigenvalue weighted by molar-refractivity contribution is 5.68. The Morgan fingerprint density at radius 2 is 1.80 bits per heavy atom. The van der Waals surface area contributed by atoms with E-state index >= 15 is 0 Å². The van der Waals surface area contributed by atoms with E-state index in [-0.39, 0.29) is 0 Å². The lowest BCUT2D eigenvalue weighted by Crippen LogP contribution is -2.21. The number of allylic oxidation sites excluding steroid dienone is 7. The molecule has 0 radical (unpaired) electrons. The van der Waals surface area contributed by atoms with Crippen molar-refractivity contribution in [1.29, 1.82) is 0 Å². The van der Waals surface area contributed by atoms with Crippen LogP contribution < -0.4 is 0 Å². The van der Waals surface area contributed by atoms with E-state index in [1.807, 2.05) is 0 Å². The third-order valence-corrected chi connectivity index (χ3v) is 8.56. The predicted octanol–water partition coefficient (Wildman–Crippen LogP) is 9.40. The highest BCUT2D eigenvalue weighted by Crippen LogP contribution is 2.55. The third-order valence-electron chi connectivity index (χ3n) is 8.56. The van der Waals surface area contributed by atoms with Gasteiger partial charge in [-0.2, -0.15) is 0 Å². The molecule has 0 aliphatic heterocycles. The number of rotatable bonds is 6. The van der Waals surface area contributed by atoms with Gasteiger partial charge in [0.25, 0.3) is 0 Å². The van der Waals surface area contributed by atoms with Crippen LogP contribution in [0, 0.1) is 12.8 Å². The molecule has 0 aromatic heterocycles. The minimum Gasteiger partial charge on any atom is -0.0955 e. The van der Waals surface area contributed by atoms with Crippen molar-refractivity contribution in [2.24, 2.45) is 5.92 Å². The monoisotopic (exact) mass is 460 g/mol. The number of hydrogen-bond acceptors (Lipinski definition) is 0.